The number of nitrogens with one attached hydrogen (secondary N) is 1. The van der Waals surface area contributed by atoms with Gasteiger partial charge in [-0.2, -0.15) is 0 Å². The van der Waals surface area contributed by atoms with Gasteiger partial charge in [0.2, 0.25) is 0 Å². The monoisotopic (exact) mass is 324 g/mol. The molecule has 1 aromatic carbocycles. The number of aliphatic carboxylic acids is 1. The molecule has 1 aromatic rings. The third kappa shape index (κ3) is 6.66. The van der Waals surface area contributed by atoms with E-state index in [-0.39, 0.29) is 13.2 Å². The molecule has 0 aliphatic carbocycles. The van der Waals surface area contributed by atoms with Gasteiger partial charge in [-0.05, 0) is 26.3 Å². The zero-order valence-corrected chi connectivity index (χ0v) is 13.6. The van der Waals surface area contributed by atoms with E-state index in [2.05, 4.69) is 5.32 Å². The lowest BCUT2D eigenvalue weighted by molar-refractivity contribution is -0.152. The topological polar surface area (TPSA) is 111 Å². The Labute approximate surface area is 135 Å². The Hall–Kier alpha value is -2.12. The molecule has 0 heterocycles. The summed E-state index contributed by atoms with van der Waals surface area (Å²) in [6, 6.07) is 7.83. The summed E-state index contributed by atoms with van der Waals surface area (Å²) in [5.41, 5.74) is 5.28. The molecule has 23 heavy (non-hydrogen) atoms. The third-order valence-electron chi connectivity index (χ3n) is 2.79. The predicted molar refractivity (Wildman–Crippen MR) is 85.0 cm³/mol. The van der Waals surface area contributed by atoms with E-state index < -0.39 is 29.8 Å². The Morgan fingerprint density at radius 1 is 1.26 bits per heavy atom. The number of carboxylic acids is 1. The SMILES string of the molecule is CC(C)(C)OC(=O)N[C@@H](c1ccccc1)[C@@H](OCCN)C(=O)O. The molecule has 128 valence electrons. The van der Waals surface area contributed by atoms with E-state index in [1.165, 1.54) is 0 Å². The van der Waals surface area contributed by atoms with E-state index in [4.69, 9.17) is 15.2 Å². The Kier molecular flexibility index (Phi) is 6.99. The van der Waals surface area contributed by atoms with E-state index in [1.807, 2.05) is 0 Å². The molecule has 0 bridgehead atoms. The molecule has 0 fully saturated rings. The summed E-state index contributed by atoms with van der Waals surface area (Å²) in [7, 11) is 0. The minimum Gasteiger partial charge on any atom is -0.479 e. The van der Waals surface area contributed by atoms with Crippen LogP contribution in [-0.2, 0) is 14.3 Å². The van der Waals surface area contributed by atoms with Crippen molar-refractivity contribution in [1.82, 2.24) is 5.32 Å². The van der Waals surface area contributed by atoms with E-state index in [0.29, 0.717) is 5.56 Å². The summed E-state index contributed by atoms with van der Waals surface area (Å²) in [6.07, 6.45) is -1.98. The van der Waals surface area contributed by atoms with Gasteiger partial charge >= 0.3 is 12.1 Å². The average molecular weight is 324 g/mol. The number of carbonyl (C=O) groups excluding carboxylic acids is 1. The van der Waals surface area contributed by atoms with Crippen molar-refractivity contribution in [2.75, 3.05) is 13.2 Å². The van der Waals surface area contributed by atoms with Gasteiger partial charge in [-0.3, -0.25) is 0 Å². The number of hydrogen-bond donors (Lipinski definition) is 3. The van der Waals surface area contributed by atoms with Crippen LogP contribution >= 0.6 is 0 Å². The van der Waals surface area contributed by atoms with Gasteiger partial charge in [-0.15, -0.1) is 0 Å². The second kappa shape index (κ2) is 8.50. The van der Waals surface area contributed by atoms with Gasteiger partial charge in [0.25, 0.3) is 0 Å². The number of ether oxygens (including phenoxy) is 2. The molecule has 2 atom stereocenters. The molecule has 0 saturated carbocycles. The number of hydrogen-bond acceptors (Lipinski definition) is 5. The number of rotatable bonds is 7. The molecule has 1 rings (SSSR count). The first-order valence-corrected chi connectivity index (χ1v) is 7.33. The third-order valence-corrected chi connectivity index (χ3v) is 2.79. The molecule has 0 radical (unpaired) electrons. The maximum atomic E-state index is 12.0. The lowest BCUT2D eigenvalue weighted by Gasteiger charge is -2.27. The van der Waals surface area contributed by atoms with Crippen molar-refractivity contribution in [2.45, 2.75) is 38.5 Å². The molecule has 4 N–H and O–H groups in total. The molecule has 0 unspecified atom stereocenters. The van der Waals surface area contributed by atoms with Crippen molar-refractivity contribution < 1.29 is 24.2 Å². The highest BCUT2D eigenvalue weighted by Crippen LogP contribution is 2.21. The first-order valence-electron chi connectivity index (χ1n) is 7.33. The van der Waals surface area contributed by atoms with Crippen LogP contribution in [0.1, 0.15) is 32.4 Å². The van der Waals surface area contributed by atoms with Crippen LogP contribution in [0, 0.1) is 0 Å². The number of amides is 1. The van der Waals surface area contributed by atoms with E-state index in [0.717, 1.165) is 0 Å². The lowest BCUT2D eigenvalue weighted by atomic mass is 10.0. The summed E-state index contributed by atoms with van der Waals surface area (Å²) in [6.45, 7) is 5.42. The van der Waals surface area contributed by atoms with Crippen LogP contribution in [0.3, 0.4) is 0 Å². The quantitative estimate of drug-likeness (QED) is 0.704. The fourth-order valence-corrected chi connectivity index (χ4v) is 1.93. The van der Waals surface area contributed by atoms with Gasteiger partial charge < -0.3 is 25.6 Å². The number of benzene rings is 1. The van der Waals surface area contributed by atoms with E-state index in [9.17, 15) is 14.7 Å². The summed E-state index contributed by atoms with van der Waals surface area (Å²) in [5.74, 6) is -1.19. The average Bonchev–Trinajstić information content (AvgIpc) is 2.45. The first kappa shape index (κ1) is 18.9. The smallest absolute Gasteiger partial charge is 0.408 e. The normalized spacial score (nSPS) is 13.9. The summed E-state index contributed by atoms with van der Waals surface area (Å²) >= 11 is 0. The molecule has 0 aliphatic heterocycles. The fourth-order valence-electron chi connectivity index (χ4n) is 1.93. The Balaban J connectivity index is 3.01. The molecule has 7 nitrogen and oxygen atoms in total. The Morgan fingerprint density at radius 3 is 2.35 bits per heavy atom. The van der Waals surface area contributed by atoms with Crippen molar-refractivity contribution >= 4 is 12.1 Å². The number of carboxylic acid groups (broad SMARTS) is 1. The zero-order valence-electron chi connectivity index (χ0n) is 13.6. The van der Waals surface area contributed by atoms with Crippen molar-refractivity contribution in [3.8, 4) is 0 Å². The molecular weight excluding hydrogens is 300 g/mol. The van der Waals surface area contributed by atoms with Gasteiger partial charge in [0.1, 0.15) is 5.60 Å². The highest BCUT2D eigenvalue weighted by molar-refractivity contribution is 5.76. The van der Waals surface area contributed by atoms with Crippen molar-refractivity contribution in [1.29, 1.82) is 0 Å². The molecule has 7 heteroatoms. The number of nitrogens with two attached hydrogens (primary N) is 1. The van der Waals surface area contributed by atoms with Crippen LogP contribution in [0.25, 0.3) is 0 Å². The van der Waals surface area contributed by atoms with Crippen LogP contribution in [0.5, 0.6) is 0 Å². The Morgan fingerprint density at radius 2 is 1.87 bits per heavy atom. The Bertz CT molecular complexity index is 513. The highest BCUT2D eigenvalue weighted by Gasteiger charge is 2.33. The molecule has 1 amide bonds. The molecule has 0 saturated heterocycles. The van der Waals surface area contributed by atoms with Gasteiger partial charge in [-0.1, -0.05) is 30.3 Å². The summed E-state index contributed by atoms with van der Waals surface area (Å²) in [4.78, 5) is 23.6. The molecule has 0 aromatic heterocycles. The maximum Gasteiger partial charge on any atom is 0.408 e. The predicted octanol–water partition coefficient (Wildman–Crippen LogP) is 1.68. The second-order valence-corrected chi connectivity index (χ2v) is 5.95. The first-order chi connectivity index (χ1) is 10.7. The van der Waals surface area contributed by atoms with Gasteiger partial charge in [0.15, 0.2) is 6.10 Å². The largest absolute Gasteiger partial charge is 0.479 e. The van der Waals surface area contributed by atoms with Crippen LogP contribution < -0.4 is 11.1 Å². The highest BCUT2D eigenvalue weighted by atomic mass is 16.6. The lowest BCUT2D eigenvalue weighted by Crippen LogP contribution is -2.44. The van der Waals surface area contributed by atoms with Crippen LogP contribution in [0.15, 0.2) is 30.3 Å². The van der Waals surface area contributed by atoms with Crippen LogP contribution in [-0.4, -0.2) is 42.0 Å². The van der Waals surface area contributed by atoms with Gasteiger partial charge in [0, 0.05) is 6.54 Å². The van der Waals surface area contributed by atoms with E-state index >= 15 is 0 Å². The zero-order chi connectivity index (χ0) is 17.5. The van der Waals surface area contributed by atoms with Crippen molar-refractivity contribution in [3.05, 3.63) is 35.9 Å². The van der Waals surface area contributed by atoms with Crippen molar-refractivity contribution in [2.24, 2.45) is 5.73 Å². The van der Waals surface area contributed by atoms with Crippen molar-refractivity contribution in [3.63, 3.8) is 0 Å². The van der Waals surface area contributed by atoms with Crippen LogP contribution in [0.4, 0.5) is 4.79 Å². The number of carbonyl (C=O) groups is 2. The second-order valence-electron chi connectivity index (χ2n) is 5.95. The van der Waals surface area contributed by atoms with Crippen LogP contribution in [0.2, 0.25) is 0 Å². The van der Waals surface area contributed by atoms with Gasteiger partial charge in [-0.25, -0.2) is 9.59 Å². The minimum absolute atomic E-state index is 0.0658. The standard InChI is InChI=1S/C16H24N2O5/c1-16(2,3)23-15(21)18-12(11-7-5-4-6-8-11)13(14(19)20)22-10-9-17/h4-8,12-13H,9-10,17H2,1-3H3,(H,18,21)(H,19,20)/t12-,13+/m0/s1. The molecular formula is C16H24N2O5. The number of alkyl carbamates (subject to hydrolysis) is 1. The fraction of sp³-hybridized carbons (Fsp3) is 0.500. The molecule has 0 aliphatic rings. The maximum absolute atomic E-state index is 12.0. The summed E-state index contributed by atoms with van der Waals surface area (Å²) < 4.78 is 10.5. The van der Waals surface area contributed by atoms with E-state index in [1.54, 1.807) is 51.1 Å². The summed E-state index contributed by atoms with van der Waals surface area (Å²) in [5, 5.41) is 12.0. The molecule has 0 spiro atoms. The minimum atomic E-state index is -1.27. The van der Waals surface area contributed by atoms with Gasteiger partial charge in [0.05, 0.1) is 12.6 Å².